The highest BCUT2D eigenvalue weighted by atomic mass is 19.1. The quantitative estimate of drug-likeness (QED) is 0.854. The summed E-state index contributed by atoms with van der Waals surface area (Å²) in [7, 11) is 0. The van der Waals surface area contributed by atoms with Crippen LogP contribution >= 0.6 is 0 Å². The standard InChI is InChI=1S/C20H31FN2O2/c1-6-10-22-18(16-12-14(2)7-8-17(16)21)15-9-11-23(13-15)19(24)25-20(3,4)5/h7-8,12,15,18,22H,6,9-11,13H2,1-5H3. The maximum Gasteiger partial charge on any atom is 0.410 e. The first-order valence-corrected chi connectivity index (χ1v) is 9.18. The van der Waals surface area contributed by atoms with Crippen LogP contribution in [0.15, 0.2) is 18.2 Å². The van der Waals surface area contributed by atoms with E-state index in [1.54, 1.807) is 11.0 Å². The molecule has 0 spiro atoms. The summed E-state index contributed by atoms with van der Waals surface area (Å²) < 4.78 is 19.9. The first kappa shape index (κ1) is 19.7. The number of amides is 1. The maximum atomic E-state index is 14.4. The van der Waals surface area contributed by atoms with Gasteiger partial charge in [-0.15, -0.1) is 0 Å². The van der Waals surface area contributed by atoms with Crippen molar-refractivity contribution in [1.29, 1.82) is 0 Å². The third-order valence-electron chi connectivity index (χ3n) is 4.45. The van der Waals surface area contributed by atoms with E-state index in [1.165, 1.54) is 6.07 Å². The van der Waals surface area contributed by atoms with Crippen LogP contribution < -0.4 is 5.32 Å². The number of carbonyl (C=O) groups excluding carboxylic acids is 1. The van der Waals surface area contributed by atoms with Gasteiger partial charge in [-0.3, -0.25) is 0 Å². The van der Waals surface area contributed by atoms with E-state index in [-0.39, 0.29) is 23.9 Å². The van der Waals surface area contributed by atoms with Crippen molar-refractivity contribution in [2.45, 2.75) is 59.1 Å². The molecule has 0 radical (unpaired) electrons. The van der Waals surface area contributed by atoms with E-state index >= 15 is 0 Å². The second-order valence-electron chi connectivity index (χ2n) is 7.93. The Morgan fingerprint density at radius 2 is 2.16 bits per heavy atom. The van der Waals surface area contributed by atoms with Crippen molar-refractivity contribution in [2.24, 2.45) is 5.92 Å². The number of hydrogen-bond donors (Lipinski definition) is 1. The topological polar surface area (TPSA) is 41.6 Å². The Kier molecular flexibility index (Phi) is 6.44. The smallest absolute Gasteiger partial charge is 0.410 e. The molecule has 4 nitrogen and oxygen atoms in total. The Morgan fingerprint density at radius 1 is 1.44 bits per heavy atom. The minimum Gasteiger partial charge on any atom is -0.444 e. The number of ether oxygens (including phenoxy) is 1. The molecule has 2 atom stereocenters. The molecule has 1 amide bonds. The lowest BCUT2D eigenvalue weighted by Crippen LogP contribution is -2.37. The lowest BCUT2D eigenvalue weighted by molar-refractivity contribution is 0.0285. The second kappa shape index (κ2) is 8.17. The summed E-state index contributed by atoms with van der Waals surface area (Å²) >= 11 is 0. The van der Waals surface area contributed by atoms with Crippen LogP contribution in [0.1, 0.15) is 57.7 Å². The molecule has 25 heavy (non-hydrogen) atoms. The number of aryl methyl sites for hydroxylation is 1. The predicted molar refractivity (Wildman–Crippen MR) is 98.1 cm³/mol. The number of hydrogen-bond acceptors (Lipinski definition) is 3. The highest BCUT2D eigenvalue weighted by Gasteiger charge is 2.35. The molecule has 1 N–H and O–H groups in total. The Bertz CT molecular complexity index is 598. The van der Waals surface area contributed by atoms with Crippen molar-refractivity contribution in [2.75, 3.05) is 19.6 Å². The third-order valence-corrected chi connectivity index (χ3v) is 4.45. The van der Waals surface area contributed by atoms with E-state index in [4.69, 9.17) is 4.74 Å². The van der Waals surface area contributed by atoms with Crippen LogP contribution in [0.25, 0.3) is 0 Å². The minimum atomic E-state index is -0.502. The molecular formula is C20H31FN2O2. The van der Waals surface area contributed by atoms with Gasteiger partial charge in [0.1, 0.15) is 11.4 Å². The third kappa shape index (κ3) is 5.43. The Balaban J connectivity index is 2.14. The number of benzene rings is 1. The van der Waals surface area contributed by atoms with Gasteiger partial charge in [0, 0.05) is 24.7 Å². The van der Waals surface area contributed by atoms with Gasteiger partial charge in [0.2, 0.25) is 0 Å². The number of halogens is 1. The average Bonchev–Trinajstić information content (AvgIpc) is 2.99. The second-order valence-corrected chi connectivity index (χ2v) is 7.93. The molecule has 2 rings (SSSR count). The van der Waals surface area contributed by atoms with Crippen molar-refractivity contribution >= 4 is 6.09 Å². The van der Waals surface area contributed by atoms with Crippen LogP contribution in [-0.4, -0.2) is 36.2 Å². The van der Waals surface area contributed by atoms with Crippen LogP contribution in [-0.2, 0) is 4.74 Å². The van der Waals surface area contributed by atoms with E-state index in [9.17, 15) is 9.18 Å². The largest absolute Gasteiger partial charge is 0.444 e. The highest BCUT2D eigenvalue weighted by molar-refractivity contribution is 5.68. The molecule has 2 unspecified atom stereocenters. The van der Waals surface area contributed by atoms with Gasteiger partial charge in [-0.1, -0.05) is 24.6 Å². The van der Waals surface area contributed by atoms with Crippen molar-refractivity contribution in [1.82, 2.24) is 10.2 Å². The normalized spacial score (nSPS) is 19.1. The van der Waals surface area contributed by atoms with E-state index in [0.717, 1.165) is 24.9 Å². The van der Waals surface area contributed by atoms with Gasteiger partial charge in [0.15, 0.2) is 0 Å². The lowest BCUT2D eigenvalue weighted by Gasteiger charge is -2.27. The van der Waals surface area contributed by atoms with Gasteiger partial charge >= 0.3 is 6.09 Å². The van der Waals surface area contributed by atoms with Crippen LogP contribution in [0.4, 0.5) is 9.18 Å². The van der Waals surface area contributed by atoms with Crippen molar-refractivity contribution in [3.05, 3.63) is 35.1 Å². The van der Waals surface area contributed by atoms with Gasteiger partial charge in [-0.25, -0.2) is 9.18 Å². The summed E-state index contributed by atoms with van der Waals surface area (Å²) in [5, 5.41) is 3.48. The molecule has 5 heteroatoms. The fourth-order valence-corrected chi connectivity index (χ4v) is 3.28. The van der Waals surface area contributed by atoms with Gasteiger partial charge in [0.25, 0.3) is 0 Å². The predicted octanol–water partition coefficient (Wildman–Crippen LogP) is 4.43. The van der Waals surface area contributed by atoms with Crippen LogP contribution in [0.3, 0.4) is 0 Å². The number of rotatable bonds is 5. The molecule has 1 saturated heterocycles. The summed E-state index contributed by atoms with van der Waals surface area (Å²) in [4.78, 5) is 14.1. The van der Waals surface area contributed by atoms with Crippen molar-refractivity contribution in [3.8, 4) is 0 Å². The zero-order valence-corrected chi connectivity index (χ0v) is 16.1. The van der Waals surface area contributed by atoms with Crippen molar-refractivity contribution in [3.63, 3.8) is 0 Å². The zero-order valence-electron chi connectivity index (χ0n) is 16.1. The van der Waals surface area contributed by atoms with Crippen LogP contribution in [0.2, 0.25) is 0 Å². The molecule has 0 saturated carbocycles. The Morgan fingerprint density at radius 3 is 2.80 bits per heavy atom. The molecule has 1 heterocycles. The molecule has 1 aliphatic rings. The summed E-state index contributed by atoms with van der Waals surface area (Å²) in [6.07, 6.45) is 1.54. The minimum absolute atomic E-state index is 0.0905. The fourth-order valence-electron chi connectivity index (χ4n) is 3.28. The summed E-state index contributed by atoms with van der Waals surface area (Å²) in [6, 6.07) is 5.15. The molecule has 140 valence electrons. The maximum absolute atomic E-state index is 14.4. The zero-order chi connectivity index (χ0) is 18.6. The molecule has 1 aromatic carbocycles. The summed E-state index contributed by atoms with van der Waals surface area (Å²) in [5.74, 6) is -0.00899. The monoisotopic (exact) mass is 350 g/mol. The molecule has 0 aromatic heterocycles. The van der Waals surface area contributed by atoms with E-state index in [1.807, 2.05) is 33.8 Å². The molecule has 0 bridgehead atoms. The molecule has 0 aliphatic carbocycles. The van der Waals surface area contributed by atoms with Gasteiger partial charge in [-0.2, -0.15) is 0 Å². The first-order valence-electron chi connectivity index (χ1n) is 9.18. The Hall–Kier alpha value is -1.62. The SMILES string of the molecule is CCCNC(c1cc(C)ccc1F)C1CCN(C(=O)OC(C)(C)C)C1. The number of carbonyl (C=O) groups is 1. The van der Waals surface area contributed by atoms with Crippen molar-refractivity contribution < 1.29 is 13.9 Å². The van der Waals surface area contributed by atoms with E-state index in [0.29, 0.717) is 18.7 Å². The first-order chi connectivity index (χ1) is 11.7. The van der Waals surface area contributed by atoms with Crippen LogP contribution in [0, 0.1) is 18.7 Å². The van der Waals surface area contributed by atoms with E-state index < -0.39 is 5.60 Å². The number of likely N-dealkylation sites (tertiary alicyclic amines) is 1. The highest BCUT2D eigenvalue weighted by Crippen LogP contribution is 2.32. The van der Waals surface area contributed by atoms with Crippen LogP contribution in [0.5, 0.6) is 0 Å². The average molecular weight is 350 g/mol. The number of nitrogens with one attached hydrogen (secondary N) is 1. The van der Waals surface area contributed by atoms with Gasteiger partial charge in [-0.05, 0) is 59.1 Å². The molecule has 1 aliphatic heterocycles. The van der Waals surface area contributed by atoms with Gasteiger partial charge < -0.3 is 15.0 Å². The molecular weight excluding hydrogens is 319 g/mol. The lowest BCUT2D eigenvalue weighted by atomic mass is 9.91. The van der Waals surface area contributed by atoms with Gasteiger partial charge in [0.05, 0.1) is 0 Å². The Labute approximate surface area is 150 Å². The molecule has 1 fully saturated rings. The fraction of sp³-hybridized carbons (Fsp3) is 0.650. The summed E-state index contributed by atoms with van der Waals surface area (Å²) in [6.45, 7) is 11.7. The number of nitrogens with zero attached hydrogens (tertiary/aromatic N) is 1. The summed E-state index contributed by atoms with van der Waals surface area (Å²) in [5.41, 5.74) is 1.24. The van der Waals surface area contributed by atoms with E-state index in [2.05, 4.69) is 12.2 Å². The molecule has 1 aromatic rings.